The van der Waals surface area contributed by atoms with Crippen LogP contribution in [0.5, 0.6) is 11.5 Å². The number of methoxy groups -OCH3 is 1. The van der Waals surface area contributed by atoms with Gasteiger partial charge in [-0.15, -0.1) is 13.2 Å². The fraction of sp³-hybridized carbons (Fsp3) is 0.333. The Balaban J connectivity index is 3.03. The van der Waals surface area contributed by atoms with Crippen molar-refractivity contribution in [1.29, 1.82) is 5.26 Å². The van der Waals surface area contributed by atoms with Crippen molar-refractivity contribution in [3.8, 4) is 17.6 Å². The topological polar surface area (TPSA) is 55.1 Å². The number of halogens is 3. The van der Waals surface area contributed by atoms with Gasteiger partial charge in [0.05, 0.1) is 31.5 Å². The van der Waals surface area contributed by atoms with Gasteiger partial charge in [-0.2, -0.15) is 5.26 Å². The van der Waals surface area contributed by atoms with Crippen LogP contribution >= 0.6 is 0 Å². The van der Waals surface area contributed by atoms with Crippen molar-refractivity contribution in [1.82, 2.24) is 4.98 Å². The van der Waals surface area contributed by atoms with Gasteiger partial charge in [0.1, 0.15) is 0 Å². The summed E-state index contributed by atoms with van der Waals surface area (Å²) in [6, 6.07) is 2.79. The van der Waals surface area contributed by atoms with Crippen molar-refractivity contribution in [2.75, 3.05) is 7.11 Å². The van der Waals surface area contributed by atoms with E-state index < -0.39 is 12.1 Å². The maximum Gasteiger partial charge on any atom is 0.573 e. The van der Waals surface area contributed by atoms with Gasteiger partial charge >= 0.3 is 6.36 Å². The zero-order chi connectivity index (χ0) is 12.2. The summed E-state index contributed by atoms with van der Waals surface area (Å²) in [4.78, 5) is 3.74. The molecule has 4 nitrogen and oxygen atoms in total. The molecule has 86 valence electrons. The second-order valence-electron chi connectivity index (χ2n) is 2.71. The number of pyridine rings is 1. The van der Waals surface area contributed by atoms with Gasteiger partial charge in [0.2, 0.25) is 0 Å². The van der Waals surface area contributed by atoms with E-state index >= 15 is 0 Å². The first-order valence-electron chi connectivity index (χ1n) is 4.12. The van der Waals surface area contributed by atoms with Gasteiger partial charge in [0.15, 0.2) is 11.5 Å². The molecule has 0 N–H and O–H groups in total. The predicted octanol–water partition coefficient (Wildman–Crippen LogP) is 2.05. The van der Waals surface area contributed by atoms with Gasteiger partial charge in [-0.3, -0.25) is 4.98 Å². The van der Waals surface area contributed by atoms with Crippen molar-refractivity contribution < 1.29 is 22.6 Å². The van der Waals surface area contributed by atoms with E-state index in [9.17, 15) is 13.2 Å². The fourth-order valence-corrected chi connectivity index (χ4v) is 1.00. The molecule has 0 radical (unpaired) electrons. The summed E-state index contributed by atoms with van der Waals surface area (Å²) in [7, 11) is 1.20. The lowest BCUT2D eigenvalue weighted by atomic mass is 10.2. The van der Waals surface area contributed by atoms with Crippen LogP contribution in [-0.2, 0) is 6.42 Å². The first-order valence-corrected chi connectivity index (χ1v) is 4.12. The van der Waals surface area contributed by atoms with Crippen LogP contribution in [-0.4, -0.2) is 18.5 Å². The Hall–Kier alpha value is -1.97. The molecule has 1 aromatic heterocycles. The van der Waals surface area contributed by atoms with E-state index in [0.29, 0.717) is 0 Å². The van der Waals surface area contributed by atoms with Crippen LogP contribution in [0.3, 0.4) is 0 Å². The third-order valence-electron chi connectivity index (χ3n) is 1.59. The summed E-state index contributed by atoms with van der Waals surface area (Å²) >= 11 is 0. The second-order valence-corrected chi connectivity index (χ2v) is 2.71. The maximum atomic E-state index is 12.0. The van der Waals surface area contributed by atoms with Gasteiger partial charge in [-0.05, 0) is 0 Å². The maximum absolute atomic E-state index is 12.0. The molecule has 1 heterocycles. The third kappa shape index (κ3) is 3.31. The van der Waals surface area contributed by atoms with Crippen molar-refractivity contribution in [2.24, 2.45) is 0 Å². The van der Waals surface area contributed by atoms with Crippen LogP contribution in [0.2, 0.25) is 0 Å². The Labute approximate surface area is 89.2 Å². The Morgan fingerprint density at radius 2 is 2.12 bits per heavy atom. The van der Waals surface area contributed by atoms with Crippen LogP contribution in [0, 0.1) is 11.3 Å². The lowest BCUT2D eigenvalue weighted by Gasteiger charge is -2.12. The van der Waals surface area contributed by atoms with Crippen LogP contribution in [0.4, 0.5) is 13.2 Å². The number of hydrogen-bond acceptors (Lipinski definition) is 4. The number of ether oxygens (including phenoxy) is 2. The highest BCUT2D eigenvalue weighted by Crippen LogP contribution is 2.31. The summed E-state index contributed by atoms with van der Waals surface area (Å²) in [6.45, 7) is 0. The minimum Gasteiger partial charge on any atom is -0.491 e. The lowest BCUT2D eigenvalue weighted by molar-refractivity contribution is -0.275. The molecule has 0 amide bonds. The monoisotopic (exact) mass is 232 g/mol. The number of rotatable bonds is 3. The molecule has 0 aromatic carbocycles. The molecule has 0 aliphatic heterocycles. The molecule has 0 saturated carbocycles. The number of nitrogens with zero attached hydrogens (tertiary/aromatic N) is 2. The summed E-state index contributed by atoms with van der Waals surface area (Å²) in [5.41, 5.74) is 0.183. The molecule has 0 bridgehead atoms. The molecule has 16 heavy (non-hydrogen) atoms. The average molecular weight is 232 g/mol. The number of hydrogen-bond donors (Lipinski definition) is 0. The van der Waals surface area contributed by atoms with Gasteiger partial charge in [0.25, 0.3) is 0 Å². The van der Waals surface area contributed by atoms with Crippen molar-refractivity contribution in [2.45, 2.75) is 12.8 Å². The molecule has 0 spiro atoms. The highest BCUT2D eigenvalue weighted by Gasteiger charge is 2.32. The van der Waals surface area contributed by atoms with Crippen LogP contribution in [0.1, 0.15) is 5.69 Å². The van der Waals surface area contributed by atoms with Crippen molar-refractivity contribution >= 4 is 0 Å². The summed E-state index contributed by atoms with van der Waals surface area (Å²) < 4.78 is 44.4. The van der Waals surface area contributed by atoms with E-state index in [4.69, 9.17) is 5.26 Å². The van der Waals surface area contributed by atoms with E-state index in [0.717, 1.165) is 12.3 Å². The zero-order valence-electron chi connectivity index (χ0n) is 8.21. The Morgan fingerprint density at radius 1 is 1.44 bits per heavy atom. The largest absolute Gasteiger partial charge is 0.573 e. The lowest BCUT2D eigenvalue weighted by Crippen LogP contribution is -2.18. The van der Waals surface area contributed by atoms with E-state index in [1.165, 1.54) is 7.11 Å². The molecule has 0 atom stereocenters. The SMILES string of the molecule is COc1cnc(CC#N)cc1OC(F)(F)F. The minimum atomic E-state index is -4.81. The molecule has 1 rings (SSSR count). The molecule has 1 aromatic rings. The number of alkyl halides is 3. The first-order chi connectivity index (χ1) is 7.46. The van der Waals surface area contributed by atoms with E-state index in [2.05, 4.69) is 14.5 Å². The van der Waals surface area contributed by atoms with Gasteiger partial charge in [-0.25, -0.2) is 0 Å². The highest BCUT2D eigenvalue weighted by molar-refractivity contribution is 5.39. The van der Waals surface area contributed by atoms with Crippen molar-refractivity contribution in [3.05, 3.63) is 18.0 Å². The van der Waals surface area contributed by atoms with Crippen LogP contribution in [0.15, 0.2) is 12.3 Å². The highest BCUT2D eigenvalue weighted by atomic mass is 19.4. The van der Waals surface area contributed by atoms with E-state index in [1.807, 2.05) is 0 Å². The minimum absolute atomic E-state index is 0.0990. The standard InChI is InChI=1S/C9H7F3N2O2/c1-15-8-5-14-6(2-3-13)4-7(8)16-9(10,11)12/h4-5H,2H2,1H3. The van der Waals surface area contributed by atoms with Gasteiger partial charge in [-0.1, -0.05) is 0 Å². The molecule has 7 heteroatoms. The second kappa shape index (κ2) is 4.70. The van der Waals surface area contributed by atoms with Crippen LogP contribution in [0.25, 0.3) is 0 Å². The van der Waals surface area contributed by atoms with E-state index in [-0.39, 0.29) is 17.9 Å². The number of nitriles is 1. The van der Waals surface area contributed by atoms with Gasteiger partial charge in [0, 0.05) is 6.07 Å². The predicted molar refractivity (Wildman–Crippen MR) is 46.8 cm³/mol. The Bertz CT molecular complexity index is 412. The summed E-state index contributed by atoms with van der Waals surface area (Å²) in [5, 5.41) is 8.39. The number of aromatic nitrogens is 1. The van der Waals surface area contributed by atoms with E-state index in [1.54, 1.807) is 6.07 Å². The molecule has 0 fully saturated rings. The summed E-state index contributed by atoms with van der Waals surface area (Å²) in [6.07, 6.45) is -3.83. The smallest absolute Gasteiger partial charge is 0.491 e. The Morgan fingerprint density at radius 3 is 2.62 bits per heavy atom. The normalized spacial score (nSPS) is 10.7. The average Bonchev–Trinajstić information content (AvgIpc) is 2.16. The fourth-order valence-electron chi connectivity index (χ4n) is 1.00. The molecule has 0 saturated heterocycles. The molecule has 0 unspecified atom stereocenters. The van der Waals surface area contributed by atoms with Crippen molar-refractivity contribution in [3.63, 3.8) is 0 Å². The quantitative estimate of drug-likeness (QED) is 0.800. The Kier molecular flexibility index (Phi) is 3.55. The molecule has 0 aliphatic rings. The molecule has 0 aliphatic carbocycles. The van der Waals surface area contributed by atoms with Gasteiger partial charge < -0.3 is 9.47 Å². The third-order valence-corrected chi connectivity index (χ3v) is 1.59. The first kappa shape index (κ1) is 12.1. The molecular weight excluding hydrogens is 225 g/mol. The zero-order valence-corrected chi connectivity index (χ0v) is 8.21. The molecular formula is C9H7F3N2O2. The van der Waals surface area contributed by atoms with Crippen LogP contribution < -0.4 is 9.47 Å². The summed E-state index contributed by atoms with van der Waals surface area (Å²) in [5.74, 6) is -0.644.